The Labute approximate surface area is 125 Å². The van der Waals surface area contributed by atoms with E-state index in [1.54, 1.807) is 25.3 Å². The summed E-state index contributed by atoms with van der Waals surface area (Å²) >= 11 is 0. The molecule has 0 radical (unpaired) electrons. The van der Waals surface area contributed by atoms with Gasteiger partial charge in [0.1, 0.15) is 5.75 Å². The molecule has 1 saturated heterocycles. The van der Waals surface area contributed by atoms with Crippen LogP contribution in [0.2, 0.25) is 0 Å². The predicted octanol–water partition coefficient (Wildman–Crippen LogP) is 1.92. The van der Waals surface area contributed by atoms with Gasteiger partial charge in [-0.1, -0.05) is 0 Å². The summed E-state index contributed by atoms with van der Waals surface area (Å²) in [6.45, 7) is 2.37. The highest BCUT2D eigenvalue weighted by Gasteiger charge is 2.35. The molecule has 1 unspecified atom stereocenters. The van der Waals surface area contributed by atoms with Crippen LogP contribution < -0.4 is 10.5 Å². The molecule has 0 aromatic heterocycles. The van der Waals surface area contributed by atoms with Gasteiger partial charge in [0.05, 0.1) is 19.4 Å². The number of rotatable bonds is 5. The van der Waals surface area contributed by atoms with E-state index in [9.17, 15) is 4.79 Å². The summed E-state index contributed by atoms with van der Waals surface area (Å²) in [5, 5.41) is 0. The van der Waals surface area contributed by atoms with Gasteiger partial charge >= 0.3 is 0 Å². The van der Waals surface area contributed by atoms with Gasteiger partial charge in [-0.25, -0.2) is 0 Å². The number of carbonyl (C=O) groups excluding carboxylic acids is 1. The van der Waals surface area contributed by atoms with E-state index >= 15 is 0 Å². The van der Waals surface area contributed by atoms with Gasteiger partial charge in [0.15, 0.2) is 0 Å². The smallest absolute Gasteiger partial charge is 0.254 e. The van der Waals surface area contributed by atoms with Crippen molar-refractivity contribution in [2.45, 2.75) is 25.3 Å². The molecular weight excluding hydrogens is 268 g/mol. The molecule has 114 valence electrons. The number of hydrogen-bond acceptors (Lipinski definition) is 4. The van der Waals surface area contributed by atoms with Gasteiger partial charge in [-0.3, -0.25) is 4.79 Å². The maximum Gasteiger partial charge on any atom is 0.254 e. The third-order valence-corrected chi connectivity index (χ3v) is 4.21. The Bertz CT molecular complexity index is 522. The molecule has 2 aliphatic rings. The Hall–Kier alpha value is -1.75. The monoisotopic (exact) mass is 290 g/mol. The number of ether oxygens (including phenoxy) is 2. The number of carbonyl (C=O) groups is 1. The molecule has 1 aromatic rings. The van der Waals surface area contributed by atoms with Crippen molar-refractivity contribution in [1.82, 2.24) is 4.90 Å². The Morgan fingerprint density at radius 2 is 2.24 bits per heavy atom. The predicted molar refractivity (Wildman–Crippen MR) is 80.4 cm³/mol. The van der Waals surface area contributed by atoms with Crippen LogP contribution >= 0.6 is 0 Å². The number of hydrogen-bond donors (Lipinski definition) is 1. The zero-order chi connectivity index (χ0) is 14.8. The number of methoxy groups -OCH3 is 1. The first kappa shape index (κ1) is 14.2. The average Bonchev–Trinajstić information content (AvgIpc) is 3.21. The number of nitrogen functional groups attached to an aromatic ring is 1. The molecule has 21 heavy (non-hydrogen) atoms. The SMILES string of the molecule is COc1cc(C(=O)N(CC2CCOC2)C2CC2)ccc1N. The molecule has 5 heteroatoms. The summed E-state index contributed by atoms with van der Waals surface area (Å²) in [5.41, 5.74) is 7.01. The number of anilines is 1. The summed E-state index contributed by atoms with van der Waals surface area (Å²) in [6.07, 6.45) is 3.25. The second-order valence-electron chi connectivity index (χ2n) is 5.88. The molecule has 0 bridgehead atoms. The Kier molecular flexibility index (Phi) is 4.01. The average molecular weight is 290 g/mol. The van der Waals surface area contributed by atoms with E-state index in [1.165, 1.54) is 0 Å². The number of amides is 1. The maximum atomic E-state index is 12.8. The first-order valence-electron chi connectivity index (χ1n) is 7.51. The molecule has 3 rings (SSSR count). The van der Waals surface area contributed by atoms with Crippen LogP contribution in [0, 0.1) is 5.92 Å². The summed E-state index contributed by atoms with van der Waals surface area (Å²) in [4.78, 5) is 14.8. The molecule has 1 aromatic carbocycles. The van der Waals surface area contributed by atoms with E-state index in [-0.39, 0.29) is 5.91 Å². The van der Waals surface area contributed by atoms with Crippen LogP contribution in [0.5, 0.6) is 5.75 Å². The highest BCUT2D eigenvalue weighted by molar-refractivity contribution is 5.95. The van der Waals surface area contributed by atoms with Crippen LogP contribution in [0.25, 0.3) is 0 Å². The Balaban J connectivity index is 1.76. The zero-order valence-corrected chi connectivity index (χ0v) is 12.4. The van der Waals surface area contributed by atoms with Gasteiger partial charge in [0.25, 0.3) is 5.91 Å². The van der Waals surface area contributed by atoms with Crippen molar-refractivity contribution in [2.24, 2.45) is 5.92 Å². The van der Waals surface area contributed by atoms with Gasteiger partial charge in [-0.05, 0) is 37.5 Å². The third-order valence-electron chi connectivity index (χ3n) is 4.21. The minimum atomic E-state index is 0.0719. The second kappa shape index (κ2) is 5.93. The van der Waals surface area contributed by atoms with Crippen molar-refractivity contribution < 1.29 is 14.3 Å². The van der Waals surface area contributed by atoms with Crippen molar-refractivity contribution in [1.29, 1.82) is 0 Å². The van der Waals surface area contributed by atoms with Crippen LogP contribution in [0.4, 0.5) is 5.69 Å². The molecule has 5 nitrogen and oxygen atoms in total. The fourth-order valence-corrected chi connectivity index (χ4v) is 2.80. The van der Waals surface area contributed by atoms with Crippen molar-refractivity contribution in [3.05, 3.63) is 23.8 Å². The van der Waals surface area contributed by atoms with Crippen LogP contribution in [0.1, 0.15) is 29.6 Å². The highest BCUT2D eigenvalue weighted by Crippen LogP contribution is 2.31. The molecule has 2 N–H and O–H groups in total. The minimum Gasteiger partial charge on any atom is -0.495 e. The van der Waals surface area contributed by atoms with E-state index in [0.717, 1.165) is 39.0 Å². The number of nitrogens with two attached hydrogens (primary N) is 1. The van der Waals surface area contributed by atoms with Gasteiger partial charge in [-0.15, -0.1) is 0 Å². The van der Waals surface area contributed by atoms with Crippen LogP contribution in [-0.2, 0) is 4.74 Å². The second-order valence-corrected chi connectivity index (χ2v) is 5.88. The standard InChI is InChI=1S/C16H22N2O3/c1-20-15-8-12(2-5-14(15)17)16(19)18(13-3-4-13)9-11-6-7-21-10-11/h2,5,8,11,13H,3-4,6-7,9-10,17H2,1H3. The molecule has 0 spiro atoms. The fraction of sp³-hybridized carbons (Fsp3) is 0.562. The summed E-state index contributed by atoms with van der Waals surface area (Å²) in [7, 11) is 1.56. The Morgan fingerprint density at radius 1 is 1.43 bits per heavy atom. The lowest BCUT2D eigenvalue weighted by Gasteiger charge is -2.25. The normalized spacial score (nSPS) is 21.3. The van der Waals surface area contributed by atoms with E-state index in [2.05, 4.69) is 0 Å². The topological polar surface area (TPSA) is 64.8 Å². The first-order valence-corrected chi connectivity index (χ1v) is 7.51. The zero-order valence-electron chi connectivity index (χ0n) is 12.4. The molecule has 1 saturated carbocycles. The van der Waals surface area contributed by atoms with Crippen LogP contribution in [0.3, 0.4) is 0 Å². The fourth-order valence-electron chi connectivity index (χ4n) is 2.80. The summed E-state index contributed by atoms with van der Waals surface area (Å²) in [6, 6.07) is 5.64. The molecule has 1 atom stereocenters. The summed E-state index contributed by atoms with van der Waals surface area (Å²) in [5.74, 6) is 1.09. The molecule has 1 aliphatic heterocycles. The molecule has 2 fully saturated rings. The quantitative estimate of drug-likeness (QED) is 0.841. The van der Waals surface area contributed by atoms with Crippen molar-refractivity contribution in [2.75, 3.05) is 32.6 Å². The first-order chi connectivity index (χ1) is 10.2. The van der Waals surface area contributed by atoms with E-state index in [1.807, 2.05) is 4.90 Å². The van der Waals surface area contributed by atoms with E-state index in [4.69, 9.17) is 15.2 Å². The van der Waals surface area contributed by atoms with Gasteiger partial charge in [0, 0.05) is 30.7 Å². The summed E-state index contributed by atoms with van der Waals surface area (Å²) < 4.78 is 10.6. The molecule has 1 amide bonds. The highest BCUT2D eigenvalue weighted by atomic mass is 16.5. The lowest BCUT2D eigenvalue weighted by molar-refractivity contribution is 0.0706. The largest absolute Gasteiger partial charge is 0.495 e. The van der Waals surface area contributed by atoms with Gasteiger partial charge < -0.3 is 20.1 Å². The van der Waals surface area contributed by atoms with Crippen LogP contribution in [-0.4, -0.2) is 43.7 Å². The third kappa shape index (κ3) is 3.13. The number of benzene rings is 1. The molecule has 1 aliphatic carbocycles. The van der Waals surface area contributed by atoms with E-state index < -0.39 is 0 Å². The van der Waals surface area contributed by atoms with Crippen molar-refractivity contribution >= 4 is 11.6 Å². The van der Waals surface area contributed by atoms with Gasteiger partial charge in [0.2, 0.25) is 0 Å². The van der Waals surface area contributed by atoms with Crippen molar-refractivity contribution in [3.63, 3.8) is 0 Å². The van der Waals surface area contributed by atoms with Gasteiger partial charge in [-0.2, -0.15) is 0 Å². The van der Waals surface area contributed by atoms with Crippen molar-refractivity contribution in [3.8, 4) is 5.75 Å². The lowest BCUT2D eigenvalue weighted by atomic mass is 10.1. The Morgan fingerprint density at radius 3 is 2.86 bits per heavy atom. The lowest BCUT2D eigenvalue weighted by Crippen LogP contribution is -2.37. The van der Waals surface area contributed by atoms with Crippen LogP contribution in [0.15, 0.2) is 18.2 Å². The minimum absolute atomic E-state index is 0.0719. The molecular formula is C16H22N2O3. The van der Waals surface area contributed by atoms with E-state index in [0.29, 0.717) is 29.0 Å². The number of nitrogens with zero attached hydrogens (tertiary/aromatic N) is 1. The molecule has 1 heterocycles. The maximum absolute atomic E-state index is 12.8.